The summed E-state index contributed by atoms with van der Waals surface area (Å²) in [5, 5.41) is 35.4. The monoisotopic (exact) mass is 664 g/mol. The van der Waals surface area contributed by atoms with Gasteiger partial charge in [0.2, 0.25) is 0 Å². The Balaban J connectivity index is 1.07. The van der Waals surface area contributed by atoms with Gasteiger partial charge in [-0.15, -0.1) is 11.3 Å². The Bertz CT molecular complexity index is 1830. The van der Waals surface area contributed by atoms with Crippen molar-refractivity contribution in [3.05, 3.63) is 83.3 Å². The van der Waals surface area contributed by atoms with Gasteiger partial charge in [0.05, 0.1) is 22.3 Å². The zero-order valence-corrected chi connectivity index (χ0v) is 29.0. The van der Waals surface area contributed by atoms with Gasteiger partial charge in [-0.25, -0.2) is 0 Å². The molecule has 252 valence electrons. The Hall–Kier alpha value is -2.97. The van der Waals surface area contributed by atoms with Gasteiger partial charge < -0.3 is 20.2 Å². The second kappa shape index (κ2) is 10.5. The van der Waals surface area contributed by atoms with E-state index in [0.29, 0.717) is 24.6 Å². The number of Topliss-reactive ketones (excluding diaryl/α,β-unsaturated/α-hetero) is 1. The van der Waals surface area contributed by atoms with E-state index in [1.54, 1.807) is 17.4 Å². The van der Waals surface area contributed by atoms with Crippen LogP contribution in [0, 0.1) is 33.5 Å². The number of phenolic OH excluding ortho intramolecular Hbond substituents is 1. The minimum atomic E-state index is -0.857. The lowest BCUT2D eigenvalue weighted by Crippen LogP contribution is -2.67. The molecule has 2 spiro atoms. The zero-order valence-electron chi connectivity index (χ0n) is 28.2. The van der Waals surface area contributed by atoms with Crippen LogP contribution in [0.5, 0.6) is 5.75 Å². The maximum Gasteiger partial charge on any atom is 0.199 e. The Labute approximate surface area is 287 Å². The Morgan fingerprint density at radius 1 is 0.896 bits per heavy atom. The lowest BCUT2D eigenvalue weighted by Gasteiger charge is -2.71. The number of para-hydroxylation sites is 2. The van der Waals surface area contributed by atoms with Crippen molar-refractivity contribution in [2.24, 2.45) is 33.5 Å². The van der Waals surface area contributed by atoms with Crippen molar-refractivity contribution in [2.75, 3.05) is 37.6 Å². The van der Waals surface area contributed by atoms with E-state index in [1.807, 2.05) is 30.3 Å². The van der Waals surface area contributed by atoms with E-state index in [9.17, 15) is 20.1 Å². The van der Waals surface area contributed by atoms with Crippen LogP contribution in [0.3, 0.4) is 0 Å². The second-order valence-electron chi connectivity index (χ2n) is 16.5. The van der Waals surface area contributed by atoms with Crippen molar-refractivity contribution < 1.29 is 20.1 Å². The first kappa shape index (κ1) is 31.0. The Kier molecular flexibility index (Phi) is 6.80. The SMILES string of the molecule is C[C@]12CC[C@H]3[C@]4(C=C[C@@]5(C=C4C(=O)c4cc6ccccc6s4)CC(O)CC[C@]35C)[C@@H]1CC[C@@]2(O)CN1CCN(c2ccccc2O)CC1. The number of aliphatic hydroxyl groups is 2. The highest BCUT2D eigenvalue weighted by atomic mass is 32.1. The molecule has 6 aliphatic carbocycles. The number of thiophene rings is 1. The second-order valence-corrected chi connectivity index (χ2v) is 17.6. The fraction of sp³-hybridized carbons (Fsp3) is 0.537. The summed E-state index contributed by atoms with van der Waals surface area (Å²) in [5.41, 5.74) is -0.184. The normalized spacial score (nSPS) is 40.4. The summed E-state index contributed by atoms with van der Waals surface area (Å²) in [6.07, 6.45) is 12.8. The number of ketones is 1. The first-order valence-corrected chi connectivity index (χ1v) is 19.0. The van der Waals surface area contributed by atoms with E-state index < -0.39 is 11.0 Å². The lowest BCUT2D eigenvalue weighted by molar-refractivity contribution is -0.176. The molecule has 7 heteroatoms. The van der Waals surface area contributed by atoms with Crippen LogP contribution in [-0.2, 0) is 0 Å². The minimum absolute atomic E-state index is 0.0354. The van der Waals surface area contributed by atoms with E-state index in [1.165, 1.54) is 0 Å². The number of carbonyl (C=O) groups is 1. The van der Waals surface area contributed by atoms with Gasteiger partial charge in [0.1, 0.15) is 5.75 Å². The molecule has 4 fully saturated rings. The van der Waals surface area contributed by atoms with Gasteiger partial charge in [-0.05, 0) is 91.8 Å². The Morgan fingerprint density at radius 2 is 1.60 bits per heavy atom. The molecule has 3 saturated carbocycles. The molecule has 48 heavy (non-hydrogen) atoms. The maximum atomic E-state index is 15.0. The number of hydrogen-bond acceptors (Lipinski definition) is 7. The molecule has 1 saturated heterocycles. The van der Waals surface area contributed by atoms with Crippen molar-refractivity contribution in [3.63, 3.8) is 0 Å². The smallest absolute Gasteiger partial charge is 0.199 e. The zero-order chi connectivity index (χ0) is 33.1. The third-order valence-electron chi connectivity index (χ3n) is 14.7. The standard InChI is InChI=1S/C41H48N2O4S/c1-37-14-11-28(44)24-39(37)17-18-41(29(25-39)36(46)33-23-27-7-3-6-10-32(27)48-33)34(37)12-15-38(2)35(41)13-16-40(38,47)26-42-19-21-43(22-20-42)30-8-4-5-9-31(30)45/h3-10,17-18,23,25,28,34-35,44-45,47H,11-16,19-22,24,26H2,1-2H3/t28?,34-,35-,37-,38+,39+,40-,41-/m1/s1. The molecule has 1 unspecified atom stereocenters. The first-order chi connectivity index (χ1) is 23.0. The molecule has 6 nitrogen and oxygen atoms in total. The largest absolute Gasteiger partial charge is 0.506 e. The van der Waals surface area contributed by atoms with Crippen LogP contribution in [0.25, 0.3) is 10.1 Å². The summed E-state index contributed by atoms with van der Waals surface area (Å²) in [4.78, 5) is 20.4. The summed E-state index contributed by atoms with van der Waals surface area (Å²) in [7, 11) is 0. The molecular weight excluding hydrogens is 617 g/mol. The van der Waals surface area contributed by atoms with Gasteiger partial charge in [0.15, 0.2) is 5.78 Å². The van der Waals surface area contributed by atoms with Crippen LogP contribution in [-0.4, -0.2) is 70.4 Å². The number of piperazine rings is 1. The summed E-state index contributed by atoms with van der Waals surface area (Å²) in [6, 6.07) is 17.9. The Morgan fingerprint density at radius 3 is 2.40 bits per heavy atom. The summed E-state index contributed by atoms with van der Waals surface area (Å²) in [5.74, 6) is 0.911. The molecule has 10 rings (SSSR count). The van der Waals surface area contributed by atoms with Gasteiger partial charge in [-0.1, -0.05) is 62.4 Å². The number of β-amino-alcohol motifs (C(OH)–C–C–N with tert-alkyl or cyclic N) is 1. The first-order valence-electron chi connectivity index (χ1n) is 18.1. The third-order valence-corrected chi connectivity index (χ3v) is 15.8. The molecule has 2 heterocycles. The minimum Gasteiger partial charge on any atom is -0.506 e. The number of anilines is 1. The van der Waals surface area contributed by atoms with Crippen molar-refractivity contribution in [2.45, 2.75) is 70.5 Å². The average molecular weight is 665 g/mol. The van der Waals surface area contributed by atoms with E-state index in [2.05, 4.69) is 60.1 Å². The number of rotatable bonds is 5. The van der Waals surface area contributed by atoms with Crippen LogP contribution in [0.4, 0.5) is 5.69 Å². The molecule has 8 atom stereocenters. The van der Waals surface area contributed by atoms with Crippen molar-refractivity contribution >= 4 is 32.9 Å². The molecule has 3 N–H and O–H groups in total. The number of hydrogen-bond donors (Lipinski definition) is 3. The summed E-state index contributed by atoms with van der Waals surface area (Å²) >= 11 is 1.60. The molecule has 1 aliphatic heterocycles. The molecule has 3 aromatic rings. The molecule has 0 radical (unpaired) electrons. The average Bonchev–Trinajstić information content (AvgIpc) is 3.63. The number of aliphatic hydroxyl groups excluding tert-OH is 1. The molecular formula is C41H48N2O4S. The van der Waals surface area contributed by atoms with E-state index >= 15 is 0 Å². The molecule has 2 aromatic carbocycles. The van der Waals surface area contributed by atoms with Crippen molar-refractivity contribution in [3.8, 4) is 5.75 Å². The van der Waals surface area contributed by atoms with E-state index in [0.717, 1.165) is 90.9 Å². The van der Waals surface area contributed by atoms with Crippen LogP contribution in [0.15, 0.2) is 78.4 Å². The number of benzene rings is 2. The van der Waals surface area contributed by atoms with Crippen LogP contribution in [0.1, 0.15) is 68.5 Å². The van der Waals surface area contributed by atoms with Crippen molar-refractivity contribution in [1.29, 1.82) is 0 Å². The van der Waals surface area contributed by atoms with E-state index in [4.69, 9.17) is 0 Å². The summed E-state index contributed by atoms with van der Waals surface area (Å²) in [6.45, 7) is 8.72. The van der Waals surface area contributed by atoms with Gasteiger partial charge in [-0.2, -0.15) is 0 Å². The molecule has 2 bridgehead atoms. The fourth-order valence-electron chi connectivity index (χ4n) is 12.1. The predicted octanol–water partition coefficient (Wildman–Crippen LogP) is 7.20. The number of phenols is 1. The summed E-state index contributed by atoms with van der Waals surface area (Å²) < 4.78 is 1.13. The van der Waals surface area contributed by atoms with Crippen LogP contribution in [0.2, 0.25) is 0 Å². The predicted molar refractivity (Wildman–Crippen MR) is 191 cm³/mol. The van der Waals surface area contributed by atoms with Gasteiger partial charge in [0, 0.05) is 59.2 Å². The lowest BCUT2D eigenvalue weighted by atomic mass is 9.32. The van der Waals surface area contributed by atoms with Gasteiger partial charge in [0.25, 0.3) is 0 Å². The van der Waals surface area contributed by atoms with Crippen molar-refractivity contribution in [1.82, 2.24) is 4.90 Å². The van der Waals surface area contributed by atoms with Crippen LogP contribution < -0.4 is 4.90 Å². The van der Waals surface area contributed by atoms with Crippen LogP contribution >= 0.6 is 11.3 Å². The molecule has 7 aliphatic rings. The topological polar surface area (TPSA) is 84.2 Å². The highest BCUT2D eigenvalue weighted by Gasteiger charge is 2.74. The highest BCUT2D eigenvalue weighted by Crippen LogP contribution is 2.78. The van der Waals surface area contributed by atoms with Gasteiger partial charge >= 0.3 is 0 Å². The highest BCUT2D eigenvalue weighted by molar-refractivity contribution is 7.21. The molecule has 0 amide bonds. The third kappa shape index (κ3) is 4.05. The van der Waals surface area contributed by atoms with Gasteiger partial charge in [-0.3, -0.25) is 9.69 Å². The number of fused-ring (bicyclic) bond motifs is 2. The maximum absolute atomic E-state index is 15.0. The number of carbonyl (C=O) groups excluding carboxylic acids is 1. The molecule has 1 aromatic heterocycles. The number of aromatic hydroxyl groups is 1. The number of nitrogens with zero attached hydrogens (tertiary/aromatic N) is 2. The van der Waals surface area contributed by atoms with E-state index in [-0.39, 0.29) is 34.1 Å². The number of allylic oxidation sites excluding steroid dienone is 4. The quantitative estimate of drug-likeness (QED) is 0.198. The fourth-order valence-corrected chi connectivity index (χ4v) is 13.1.